The fourth-order valence-electron chi connectivity index (χ4n) is 2.45. The Morgan fingerprint density at radius 3 is 2.78 bits per heavy atom. The third kappa shape index (κ3) is 4.70. The molecule has 0 atom stereocenters. The van der Waals surface area contributed by atoms with Crippen molar-refractivity contribution in [1.82, 2.24) is 10.2 Å². The second kappa shape index (κ2) is 7.47. The van der Waals surface area contributed by atoms with Crippen LogP contribution < -0.4 is 5.32 Å². The van der Waals surface area contributed by atoms with E-state index in [-0.39, 0.29) is 0 Å². The lowest BCUT2D eigenvalue weighted by molar-refractivity contribution is 0.345. The molecule has 0 amide bonds. The van der Waals surface area contributed by atoms with E-state index in [1.165, 1.54) is 24.0 Å². The minimum Gasteiger partial charge on any atom is -0.461 e. The van der Waals surface area contributed by atoms with Crippen molar-refractivity contribution in [2.24, 2.45) is 4.99 Å². The molecule has 3 rings (SSSR count). The lowest BCUT2D eigenvalue weighted by atomic mass is 10.1. The average Bonchev–Trinajstić information content (AvgIpc) is 3.22. The molecule has 1 aliphatic rings. The van der Waals surface area contributed by atoms with E-state index in [9.17, 15) is 0 Å². The molecule has 4 nitrogen and oxygen atoms in total. The van der Waals surface area contributed by atoms with Crippen LogP contribution in [0.3, 0.4) is 0 Å². The minimum atomic E-state index is 0.559. The zero-order valence-electron chi connectivity index (χ0n) is 14.0. The normalized spacial score (nSPS) is 15.2. The van der Waals surface area contributed by atoms with Gasteiger partial charge in [0.05, 0.1) is 12.8 Å². The summed E-state index contributed by atoms with van der Waals surface area (Å²) in [5.41, 5.74) is 2.56. The van der Waals surface area contributed by atoms with Crippen molar-refractivity contribution in [1.29, 1.82) is 0 Å². The molecule has 4 heteroatoms. The predicted molar refractivity (Wildman–Crippen MR) is 93.6 cm³/mol. The van der Waals surface area contributed by atoms with Crippen LogP contribution >= 0.6 is 0 Å². The van der Waals surface area contributed by atoms with Crippen LogP contribution in [0.5, 0.6) is 0 Å². The largest absolute Gasteiger partial charge is 0.461 e. The zero-order chi connectivity index (χ0) is 16.1. The van der Waals surface area contributed by atoms with Gasteiger partial charge in [-0.3, -0.25) is 4.99 Å². The van der Waals surface area contributed by atoms with Crippen LogP contribution in [0.15, 0.2) is 52.1 Å². The maximum atomic E-state index is 5.50. The fraction of sp³-hybridized carbons (Fsp3) is 0.421. The average molecular weight is 311 g/mol. The first-order chi connectivity index (χ1) is 11.2. The van der Waals surface area contributed by atoms with Gasteiger partial charge in [-0.25, -0.2) is 0 Å². The third-order valence-corrected chi connectivity index (χ3v) is 4.08. The number of amidine groups is 1. The SMILES string of the molecule is CCN(C)Cc1cccc(CN=C(NC2CC2)c2ccco2)c1. The van der Waals surface area contributed by atoms with Gasteiger partial charge in [-0.1, -0.05) is 31.2 Å². The molecule has 0 saturated heterocycles. The number of hydrogen-bond acceptors (Lipinski definition) is 3. The molecule has 0 bridgehead atoms. The Morgan fingerprint density at radius 1 is 1.26 bits per heavy atom. The molecule has 1 fully saturated rings. The molecule has 1 aliphatic carbocycles. The molecule has 2 aromatic rings. The van der Waals surface area contributed by atoms with Gasteiger partial charge in [-0.15, -0.1) is 0 Å². The number of nitrogens with one attached hydrogen (secondary N) is 1. The first-order valence-electron chi connectivity index (χ1n) is 8.36. The highest BCUT2D eigenvalue weighted by molar-refractivity contribution is 5.96. The fourth-order valence-corrected chi connectivity index (χ4v) is 2.45. The van der Waals surface area contributed by atoms with Gasteiger partial charge in [0.1, 0.15) is 0 Å². The Balaban J connectivity index is 1.70. The Bertz CT molecular complexity index is 644. The maximum Gasteiger partial charge on any atom is 0.168 e. The third-order valence-electron chi connectivity index (χ3n) is 4.08. The van der Waals surface area contributed by atoms with Crippen LogP contribution in [-0.4, -0.2) is 30.4 Å². The van der Waals surface area contributed by atoms with Crippen molar-refractivity contribution in [3.63, 3.8) is 0 Å². The van der Waals surface area contributed by atoms with E-state index in [1.807, 2.05) is 12.1 Å². The molecule has 1 heterocycles. The predicted octanol–water partition coefficient (Wildman–Crippen LogP) is 3.43. The van der Waals surface area contributed by atoms with Crippen LogP contribution in [-0.2, 0) is 13.1 Å². The van der Waals surface area contributed by atoms with Crippen LogP contribution in [0.1, 0.15) is 36.7 Å². The Hall–Kier alpha value is -2.07. The molecular weight excluding hydrogens is 286 g/mol. The smallest absolute Gasteiger partial charge is 0.168 e. The Labute approximate surface area is 138 Å². The van der Waals surface area contributed by atoms with E-state index in [0.29, 0.717) is 12.6 Å². The van der Waals surface area contributed by atoms with E-state index in [0.717, 1.165) is 24.7 Å². The van der Waals surface area contributed by atoms with Crippen LogP contribution in [0.4, 0.5) is 0 Å². The first kappa shape index (κ1) is 15.8. The summed E-state index contributed by atoms with van der Waals surface area (Å²) < 4.78 is 5.50. The Kier molecular flexibility index (Phi) is 5.13. The summed E-state index contributed by atoms with van der Waals surface area (Å²) in [5, 5.41) is 3.47. The first-order valence-corrected chi connectivity index (χ1v) is 8.36. The topological polar surface area (TPSA) is 40.8 Å². The number of hydrogen-bond donors (Lipinski definition) is 1. The molecule has 1 aromatic carbocycles. The van der Waals surface area contributed by atoms with Crippen molar-refractivity contribution >= 4 is 5.84 Å². The molecular formula is C19H25N3O. The molecule has 1 N–H and O–H groups in total. The van der Waals surface area contributed by atoms with E-state index in [1.54, 1.807) is 6.26 Å². The highest BCUT2D eigenvalue weighted by atomic mass is 16.3. The summed E-state index contributed by atoms with van der Waals surface area (Å²) in [6.07, 6.45) is 4.14. The molecule has 122 valence electrons. The van der Waals surface area contributed by atoms with Crippen molar-refractivity contribution in [3.05, 3.63) is 59.5 Å². The van der Waals surface area contributed by atoms with Crippen molar-refractivity contribution in [3.8, 4) is 0 Å². The van der Waals surface area contributed by atoms with Gasteiger partial charge in [0.25, 0.3) is 0 Å². The van der Waals surface area contributed by atoms with E-state index in [4.69, 9.17) is 9.41 Å². The highest BCUT2D eigenvalue weighted by Gasteiger charge is 2.23. The van der Waals surface area contributed by atoms with Gasteiger partial charge < -0.3 is 14.6 Å². The second-order valence-electron chi connectivity index (χ2n) is 6.21. The molecule has 0 radical (unpaired) electrons. The van der Waals surface area contributed by atoms with Crippen molar-refractivity contribution in [2.75, 3.05) is 13.6 Å². The quantitative estimate of drug-likeness (QED) is 0.629. The molecule has 0 spiro atoms. The minimum absolute atomic E-state index is 0.559. The van der Waals surface area contributed by atoms with Gasteiger partial charge in [0.15, 0.2) is 11.6 Å². The number of aliphatic imine (C=N–C) groups is 1. The van der Waals surface area contributed by atoms with Gasteiger partial charge in [-0.05, 0) is 49.7 Å². The van der Waals surface area contributed by atoms with Crippen LogP contribution in [0.2, 0.25) is 0 Å². The van der Waals surface area contributed by atoms with Gasteiger partial charge in [-0.2, -0.15) is 0 Å². The monoisotopic (exact) mass is 311 g/mol. The van der Waals surface area contributed by atoms with Crippen molar-refractivity contribution in [2.45, 2.75) is 38.9 Å². The standard InChI is InChI=1S/C19H25N3O/c1-3-22(2)14-16-7-4-6-15(12-16)13-20-19(21-17-9-10-17)18-8-5-11-23-18/h4-8,11-12,17H,3,9-10,13-14H2,1-2H3,(H,20,21). The summed E-state index contributed by atoms with van der Waals surface area (Å²) in [4.78, 5) is 7.05. The summed E-state index contributed by atoms with van der Waals surface area (Å²) in [6.45, 7) is 4.86. The summed E-state index contributed by atoms with van der Waals surface area (Å²) in [7, 11) is 2.14. The van der Waals surface area contributed by atoms with Gasteiger partial charge in [0.2, 0.25) is 0 Å². The number of benzene rings is 1. The van der Waals surface area contributed by atoms with E-state index in [2.05, 4.69) is 48.5 Å². The number of nitrogens with zero attached hydrogens (tertiary/aromatic N) is 2. The molecule has 1 saturated carbocycles. The summed E-state index contributed by atoms with van der Waals surface area (Å²) >= 11 is 0. The highest BCUT2D eigenvalue weighted by Crippen LogP contribution is 2.20. The molecule has 0 unspecified atom stereocenters. The number of furan rings is 1. The second-order valence-corrected chi connectivity index (χ2v) is 6.21. The number of rotatable bonds is 7. The van der Waals surface area contributed by atoms with E-state index < -0.39 is 0 Å². The zero-order valence-corrected chi connectivity index (χ0v) is 14.0. The van der Waals surface area contributed by atoms with Crippen LogP contribution in [0, 0.1) is 0 Å². The van der Waals surface area contributed by atoms with Crippen molar-refractivity contribution < 1.29 is 4.42 Å². The molecule has 1 aromatic heterocycles. The van der Waals surface area contributed by atoms with Gasteiger partial charge in [0, 0.05) is 12.6 Å². The molecule has 23 heavy (non-hydrogen) atoms. The maximum absolute atomic E-state index is 5.50. The lowest BCUT2D eigenvalue weighted by Crippen LogP contribution is -2.26. The Morgan fingerprint density at radius 2 is 2.09 bits per heavy atom. The van der Waals surface area contributed by atoms with Gasteiger partial charge >= 0.3 is 0 Å². The molecule has 0 aliphatic heterocycles. The summed E-state index contributed by atoms with van der Waals surface area (Å²) in [5.74, 6) is 1.69. The summed E-state index contributed by atoms with van der Waals surface area (Å²) in [6, 6.07) is 13.1. The lowest BCUT2D eigenvalue weighted by Gasteiger charge is -2.14. The van der Waals surface area contributed by atoms with Crippen LogP contribution in [0.25, 0.3) is 0 Å². The van der Waals surface area contributed by atoms with E-state index >= 15 is 0 Å².